The molecule has 5 nitrogen and oxygen atoms in total. The van der Waals surface area contributed by atoms with Crippen LogP contribution < -0.4 is 0 Å². The maximum Gasteiger partial charge on any atom is 0.358 e. The van der Waals surface area contributed by atoms with Gasteiger partial charge in [-0.3, -0.25) is 4.98 Å². The van der Waals surface area contributed by atoms with Crippen LogP contribution in [-0.2, 0) is 4.74 Å². The third kappa shape index (κ3) is 2.25. The number of carbonyl (C=O) groups excluding carboxylic acids is 1. The van der Waals surface area contributed by atoms with E-state index < -0.39 is 5.97 Å². The van der Waals surface area contributed by atoms with Gasteiger partial charge >= 0.3 is 5.97 Å². The Morgan fingerprint density at radius 2 is 2.20 bits per heavy atom. The van der Waals surface area contributed by atoms with E-state index in [1.807, 2.05) is 30.5 Å². The fourth-order valence-corrected chi connectivity index (χ4v) is 2.02. The van der Waals surface area contributed by atoms with E-state index in [9.17, 15) is 4.79 Å². The summed E-state index contributed by atoms with van der Waals surface area (Å²) in [5, 5.41) is 1.09. The number of nitrogens with one attached hydrogen (secondary N) is 1. The van der Waals surface area contributed by atoms with E-state index >= 15 is 0 Å². The molecule has 2 heterocycles. The van der Waals surface area contributed by atoms with Crippen LogP contribution in [0.4, 0.5) is 0 Å². The van der Waals surface area contributed by atoms with Crippen molar-refractivity contribution < 1.29 is 9.53 Å². The number of carbonyl (C=O) groups is 1. The van der Waals surface area contributed by atoms with Gasteiger partial charge in [0, 0.05) is 22.7 Å². The molecule has 0 aliphatic carbocycles. The zero-order valence-electron chi connectivity index (χ0n) is 11.0. The first kappa shape index (κ1) is 12.3. The monoisotopic (exact) mass is 267 g/mol. The van der Waals surface area contributed by atoms with Crippen LogP contribution in [0.1, 0.15) is 17.4 Å². The van der Waals surface area contributed by atoms with E-state index in [-0.39, 0.29) is 5.69 Å². The van der Waals surface area contributed by atoms with Crippen LogP contribution in [0.5, 0.6) is 0 Å². The molecule has 3 aromatic rings. The van der Waals surface area contributed by atoms with Crippen LogP contribution >= 0.6 is 0 Å². The smallest absolute Gasteiger partial charge is 0.358 e. The predicted molar refractivity (Wildman–Crippen MR) is 75.3 cm³/mol. The second-order valence-electron chi connectivity index (χ2n) is 4.29. The lowest BCUT2D eigenvalue weighted by Crippen LogP contribution is -2.08. The molecule has 0 saturated carbocycles. The number of hydrogen-bond donors (Lipinski definition) is 1. The highest BCUT2D eigenvalue weighted by molar-refractivity contribution is 5.88. The van der Waals surface area contributed by atoms with Gasteiger partial charge in [0.1, 0.15) is 0 Å². The van der Waals surface area contributed by atoms with E-state index in [4.69, 9.17) is 4.74 Å². The number of ether oxygens (including phenoxy) is 1. The van der Waals surface area contributed by atoms with Crippen molar-refractivity contribution in [3.8, 4) is 11.3 Å². The predicted octanol–water partition coefficient (Wildman–Crippen LogP) is 2.80. The molecule has 0 atom stereocenters. The zero-order valence-corrected chi connectivity index (χ0v) is 11.0. The second kappa shape index (κ2) is 5.13. The second-order valence-corrected chi connectivity index (χ2v) is 4.29. The highest BCUT2D eigenvalue weighted by atomic mass is 16.5. The van der Waals surface area contributed by atoms with Gasteiger partial charge in [0.15, 0.2) is 5.69 Å². The number of esters is 1. The van der Waals surface area contributed by atoms with Gasteiger partial charge in [0.05, 0.1) is 24.7 Å². The molecule has 5 heteroatoms. The Labute approximate surface area is 115 Å². The number of rotatable bonds is 3. The van der Waals surface area contributed by atoms with Crippen molar-refractivity contribution in [2.45, 2.75) is 6.92 Å². The first-order valence-electron chi connectivity index (χ1n) is 6.34. The summed E-state index contributed by atoms with van der Waals surface area (Å²) in [5.41, 5.74) is 2.84. The molecule has 0 aliphatic heterocycles. The maximum atomic E-state index is 11.7. The Morgan fingerprint density at radius 1 is 1.30 bits per heavy atom. The maximum absolute atomic E-state index is 11.7. The summed E-state index contributed by atoms with van der Waals surface area (Å²) in [6, 6.07) is 7.91. The zero-order chi connectivity index (χ0) is 13.9. The normalized spacial score (nSPS) is 10.7. The molecular formula is C15H13N3O2. The number of hydrogen-bond acceptors (Lipinski definition) is 4. The molecule has 100 valence electrons. The van der Waals surface area contributed by atoms with Gasteiger partial charge in [0.2, 0.25) is 0 Å². The highest BCUT2D eigenvalue weighted by Crippen LogP contribution is 2.22. The Kier molecular flexibility index (Phi) is 3.16. The molecule has 0 amide bonds. The van der Waals surface area contributed by atoms with Crippen molar-refractivity contribution in [2.24, 2.45) is 0 Å². The summed E-state index contributed by atoms with van der Waals surface area (Å²) in [4.78, 5) is 23.2. The first-order chi connectivity index (χ1) is 9.78. The lowest BCUT2D eigenvalue weighted by atomic mass is 10.1. The number of fused-ring (bicyclic) bond motifs is 1. The van der Waals surface area contributed by atoms with Crippen molar-refractivity contribution >= 4 is 16.9 Å². The van der Waals surface area contributed by atoms with E-state index in [0.29, 0.717) is 12.3 Å². The third-order valence-electron chi connectivity index (χ3n) is 2.97. The van der Waals surface area contributed by atoms with Crippen LogP contribution in [0.2, 0.25) is 0 Å². The summed E-state index contributed by atoms with van der Waals surface area (Å²) in [6.45, 7) is 2.08. The minimum Gasteiger partial charge on any atom is -0.461 e. The molecular weight excluding hydrogens is 254 g/mol. The Balaban J connectivity index is 2.00. The van der Waals surface area contributed by atoms with Gasteiger partial charge in [-0.1, -0.05) is 6.07 Å². The minimum absolute atomic E-state index is 0.221. The Hall–Kier alpha value is -2.69. The van der Waals surface area contributed by atoms with Crippen molar-refractivity contribution in [1.29, 1.82) is 0 Å². The number of benzene rings is 1. The van der Waals surface area contributed by atoms with Crippen LogP contribution in [0, 0.1) is 0 Å². The van der Waals surface area contributed by atoms with Crippen molar-refractivity contribution in [1.82, 2.24) is 15.0 Å². The fourth-order valence-electron chi connectivity index (χ4n) is 2.02. The van der Waals surface area contributed by atoms with E-state index in [1.54, 1.807) is 13.1 Å². The number of aromatic amines is 1. The molecule has 0 saturated heterocycles. The molecule has 0 unspecified atom stereocenters. The van der Waals surface area contributed by atoms with Crippen LogP contribution in [0.15, 0.2) is 42.9 Å². The van der Waals surface area contributed by atoms with Gasteiger partial charge in [0.25, 0.3) is 0 Å². The van der Waals surface area contributed by atoms with Crippen LogP contribution in [0.25, 0.3) is 22.2 Å². The summed E-state index contributed by atoms with van der Waals surface area (Å²) in [7, 11) is 0. The number of nitrogens with zero attached hydrogens (tertiary/aromatic N) is 2. The Morgan fingerprint density at radius 3 is 3.05 bits per heavy atom. The standard InChI is InChI=1S/C15H13N3O2/c1-2-20-15(19)14-9-16-8-13(18-14)10-3-4-12-11(7-10)5-6-17-12/h3-9,17H,2H2,1H3. The molecule has 0 aliphatic rings. The highest BCUT2D eigenvalue weighted by Gasteiger charge is 2.10. The Bertz CT molecular complexity index is 764. The van der Waals surface area contributed by atoms with E-state index in [1.165, 1.54) is 6.20 Å². The lowest BCUT2D eigenvalue weighted by Gasteiger charge is -2.04. The van der Waals surface area contributed by atoms with Gasteiger partial charge in [-0.2, -0.15) is 0 Å². The SMILES string of the molecule is CCOC(=O)c1cncc(-c2ccc3[nH]ccc3c2)n1. The summed E-state index contributed by atoms with van der Waals surface area (Å²) in [5.74, 6) is -0.454. The molecule has 1 aromatic carbocycles. The van der Waals surface area contributed by atoms with Crippen LogP contribution in [0.3, 0.4) is 0 Å². The van der Waals surface area contributed by atoms with Gasteiger partial charge < -0.3 is 9.72 Å². The summed E-state index contributed by atoms with van der Waals surface area (Å²) in [6.07, 6.45) is 4.93. The average molecular weight is 267 g/mol. The fraction of sp³-hybridized carbons (Fsp3) is 0.133. The third-order valence-corrected chi connectivity index (χ3v) is 2.97. The minimum atomic E-state index is -0.454. The number of aromatic nitrogens is 3. The first-order valence-corrected chi connectivity index (χ1v) is 6.34. The van der Waals surface area contributed by atoms with Crippen LogP contribution in [-0.4, -0.2) is 27.5 Å². The lowest BCUT2D eigenvalue weighted by molar-refractivity contribution is 0.0519. The summed E-state index contributed by atoms with van der Waals surface area (Å²) < 4.78 is 4.93. The van der Waals surface area contributed by atoms with Crippen molar-refractivity contribution in [3.05, 3.63) is 48.5 Å². The van der Waals surface area contributed by atoms with E-state index in [2.05, 4.69) is 15.0 Å². The van der Waals surface area contributed by atoms with Crippen molar-refractivity contribution in [3.63, 3.8) is 0 Å². The molecule has 3 rings (SSSR count). The van der Waals surface area contributed by atoms with Crippen molar-refractivity contribution in [2.75, 3.05) is 6.61 Å². The molecule has 0 fully saturated rings. The number of H-pyrrole nitrogens is 1. The van der Waals surface area contributed by atoms with Gasteiger partial charge in [-0.15, -0.1) is 0 Å². The molecule has 0 radical (unpaired) electrons. The molecule has 0 bridgehead atoms. The average Bonchev–Trinajstić information content (AvgIpc) is 2.95. The quantitative estimate of drug-likeness (QED) is 0.741. The molecule has 20 heavy (non-hydrogen) atoms. The van der Waals surface area contributed by atoms with Gasteiger partial charge in [-0.05, 0) is 25.1 Å². The largest absolute Gasteiger partial charge is 0.461 e. The molecule has 1 N–H and O–H groups in total. The molecule has 2 aromatic heterocycles. The van der Waals surface area contributed by atoms with Gasteiger partial charge in [-0.25, -0.2) is 9.78 Å². The molecule has 0 spiro atoms. The topological polar surface area (TPSA) is 67.9 Å². The summed E-state index contributed by atoms with van der Waals surface area (Å²) >= 11 is 0. The van der Waals surface area contributed by atoms with E-state index in [0.717, 1.165) is 16.5 Å².